The monoisotopic (exact) mass is 331 g/mol. The Balaban J connectivity index is 1.73. The number of aryl methyl sites for hydroxylation is 1. The molecule has 0 fully saturated rings. The van der Waals surface area contributed by atoms with Crippen molar-refractivity contribution >= 4 is 11.3 Å². The van der Waals surface area contributed by atoms with E-state index in [-0.39, 0.29) is 0 Å². The molecule has 2 heteroatoms. The molecule has 1 nitrogen and oxygen atoms in total. The third-order valence-corrected chi connectivity index (χ3v) is 5.40. The molecule has 24 heavy (non-hydrogen) atoms. The topological polar surface area (TPSA) is 23.8 Å². The first-order valence-electron chi connectivity index (χ1n) is 8.50. The van der Waals surface area contributed by atoms with Crippen LogP contribution in [0.3, 0.4) is 0 Å². The van der Waals surface area contributed by atoms with Crippen molar-refractivity contribution in [1.82, 2.24) is 0 Å². The molecule has 0 N–H and O–H groups in total. The van der Waals surface area contributed by atoms with Gasteiger partial charge < -0.3 is 0 Å². The molecular formula is C22H21NS. The Morgan fingerprint density at radius 1 is 0.792 bits per heavy atom. The quantitative estimate of drug-likeness (QED) is 0.462. The van der Waals surface area contributed by atoms with Crippen molar-refractivity contribution in [3.63, 3.8) is 0 Å². The van der Waals surface area contributed by atoms with Gasteiger partial charge >= 0.3 is 0 Å². The highest BCUT2D eigenvalue weighted by molar-refractivity contribution is 7.15. The Bertz CT molecular complexity index is 820. The summed E-state index contributed by atoms with van der Waals surface area (Å²) in [5, 5.41) is 8.88. The zero-order valence-electron chi connectivity index (χ0n) is 14.0. The largest absolute Gasteiger partial charge is 0.192 e. The number of unbranched alkanes of at least 4 members (excludes halogenated alkanes) is 2. The number of benzene rings is 2. The number of nitriles is 1. The van der Waals surface area contributed by atoms with E-state index >= 15 is 0 Å². The molecular weight excluding hydrogens is 310 g/mol. The van der Waals surface area contributed by atoms with Gasteiger partial charge in [-0.3, -0.25) is 0 Å². The van der Waals surface area contributed by atoms with Crippen molar-refractivity contribution in [2.24, 2.45) is 0 Å². The lowest BCUT2D eigenvalue weighted by Gasteiger charge is -2.03. The lowest BCUT2D eigenvalue weighted by atomic mass is 10.0. The summed E-state index contributed by atoms with van der Waals surface area (Å²) in [6.45, 7) is 2.25. The van der Waals surface area contributed by atoms with Gasteiger partial charge in [0.25, 0.3) is 0 Å². The van der Waals surface area contributed by atoms with E-state index in [0.29, 0.717) is 5.56 Å². The van der Waals surface area contributed by atoms with Crippen LogP contribution in [0.1, 0.15) is 36.6 Å². The summed E-state index contributed by atoms with van der Waals surface area (Å²) in [5.74, 6) is 0. The molecule has 3 aromatic rings. The number of nitrogens with zero attached hydrogens (tertiary/aromatic N) is 1. The summed E-state index contributed by atoms with van der Waals surface area (Å²) in [6, 6.07) is 23.1. The molecule has 0 unspecified atom stereocenters. The first-order chi connectivity index (χ1) is 11.8. The van der Waals surface area contributed by atoms with Crippen molar-refractivity contribution < 1.29 is 0 Å². The van der Waals surface area contributed by atoms with Crippen LogP contribution in [-0.4, -0.2) is 0 Å². The fraction of sp³-hybridized carbons (Fsp3) is 0.227. The number of rotatable bonds is 6. The third-order valence-electron chi connectivity index (χ3n) is 4.21. The highest BCUT2D eigenvalue weighted by Crippen LogP contribution is 2.31. The van der Waals surface area contributed by atoms with Crippen molar-refractivity contribution in [3.05, 3.63) is 71.1 Å². The van der Waals surface area contributed by atoms with Gasteiger partial charge in [-0.25, -0.2) is 0 Å². The number of hydrogen-bond acceptors (Lipinski definition) is 2. The summed E-state index contributed by atoms with van der Waals surface area (Å²) < 4.78 is 0. The maximum absolute atomic E-state index is 8.88. The summed E-state index contributed by atoms with van der Waals surface area (Å²) in [4.78, 5) is 2.82. The maximum Gasteiger partial charge on any atom is 0.0991 e. The van der Waals surface area contributed by atoms with Crippen molar-refractivity contribution in [3.8, 4) is 27.6 Å². The van der Waals surface area contributed by atoms with E-state index < -0.39 is 0 Å². The van der Waals surface area contributed by atoms with Crippen LogP contribution in [0.2, 0.25) is 0 Å². The Morgan fingerprint density at radius 3 is 2.04 bits per heavy atom. The third kappa shape index (κ3) is 3.93. The van der Waals surface area contributed by atoms with Crippen LogP contribution in [0, 0.1) is 11.3 Å². The van der Waals surface area contributed by atoms with E-state index in [1.165, 1.54) is 46.6 Å². The first kappa shape index (κ1) is 16.5. The van der Waals surface area contributed by atoms with Gasteiger partial charge in [0.15, 0.2) is 0 Å². The zero-order valence-corrected chi connectivity index (χ0v) is 14.8. The average Bonchev–Trinajstić information content (AvgIpc) is 3.11. The lowest BCUT2D eigenvalue weighted by molar-refractivity contribution is 0.722. The molecule has 120 valence electrons. The van der Waals surface area contributed by atoms with Crippen LogP contribution < -0.4 is 0 Å². The minimum atomic E-state index is 0.699. The van der Waals surface area contributed by atoms with Crippen molar-refractivity contribution in [2.75, 3.05) is 0 Å². The predicted molar refractivity (Wildman–Crippen MR) is 103 cm³/mol. The molecule has 1 aromatic heterocycles. The van der Waals surface area contributed by atoms with E-state index in [4.69, 9.17) is 5.26 Å². The fourth-order valence-electron chi connectivity index (χ4n) is 2.78. The number of thiophene rings is 1. The fourth-order valence-corrected chi connectivity index (χ4v) is 3.84. The highest BCUT2D eigenvalue weighted by atomic mass is 32.1. The van der Waals surface area contributed by atoms with E-state index in [2.05, 4.69) is 49.4 Å². The molecule has 0 aliphatic heterocycles. The van der Waals surface area contributed by atoms with Crippen LogP contribution in [0.4, 0.5) is 0 Å². The van der Waals surface area contributed by atoms with Crippen molar-refractivity contribution in [1.29, 1.82) is 5.26 Å². The Labute approximate surface area is 148 Å². The van der Waals surface area contributed by atoms with Crippen molar-refractivity contribution in [2.45, 2.75) is 32.6 Å². The minimum Gasteiger partial charge on any atom is -0.192 e. The molecule has 1 heterocycles. The van der Waals surface area contributed by atoms with Gasteiger partial charge in [0, 0.05) is 9.75 Å². The van der Waals surface area contributed by atoms with Crippen LogP contribution in [-0.2, 0) is 6.42 Å². The summed E-state index contributed by atoms with van der Waals surface area (Å²) >= 11 is 1.91. The van der Waals surface area contributed by atoms with Gasteiger partial charge in [0.05, 0.1) is 11.6 Å². The smallest absolute Gasteiger partial charge is 0.0991 e. The summed E-state index contributed by atoms with van der Waals surface area (Å²) in [7, 11) is 0. The molecule has 0 amide bonds. The van der Waals surface area contributed by atoms with Crippen LogP contribution >= 0.6 is 11.3 Å². The van der Waals surface area contributed by atoms with Gasteiger partial charge in [-0.1, -0.05) is 56.2 Å². The molecule has 0 saturated heterocycles. The van der Waals surface area contributed by atoms with Crippen LogP contribution in [0.15, 0.2) is 60.7 Å². The molecule has 0 saturated carbocycles. The molecule has 0 spiro atoms. The molecule has 0 aliphatic carbocycles. The predicted octanol–water partition coefficient (Wildman–Crippen LogP) is 6.69. The Kier molecular flexibility index (Phi) is 5.46. The lowest BCUT2D eigenvalue weighted by Crippen LogP contribution is -1.80. The average molecular weight is 331 g/mol. The van der Waals surface area contributed by atoms with Gasteiger partial charge in [-0.05, 0) is 53.8 Å². The summed E-state index contributed by atoms with van der Waals surface area (Å²) in [6.07, 6.45) is 5.07. The normalized spacial score (nSPS) is 10.5. The SMILES string of the molecule is CCCCCc1ccc(-c2ccc(-c3ccc(C#N)cc3)cc2)s1. The Morgan fingerprint density at radius 2 is 1.42 bits per heavy atom. The Hall–Kier alpha value is -2.37. The van der Waals surface area contributed by atoms with E-state index in [1.54, 1.807) is 0 Å². The second-order valence-electron chi connectivity index (χ2n) is 5.99. The van der Waals surface area contributed by atoms with Gasteiger partial charge in [-0.15, -0.1) is 11.3 Å². The first-order valence-corrected chi connectivity index (χ1v) is 9.31. The van der Waals surface area contributed by atoms with Crippen LogP contribution in [0.5, 0.6) is 0 Å². The van der Waals surface area contributed by atoms with Gasteiger partial charge in [0.2, 0.25) is 0 Å². The minimum absolute atomic E-state index is 0.699. The second kappa shape index (κ2) is 7.95. The van der Waals surface area contributed by atoms with E-state index in [0.717, 1.165) is 5.56 Å². The standard InChI is InChI=1S/C22H21NS/c1-2-3-4-5-21-14-15-22(24-21)20-12-10-19(11-13-20)18-8-6-17(16-23)7-9-18/h6-15H,2-5H2,1H3. The molecule has 0 aliphatic rings. The van der Waals surface area contributed by atoms with Gasteiger partial charge in [-0.2, -0.15) is 5.26 Å². The second-order valence-corrected chi connectivity index (χ2v) is 7.16. The molecule has 2 aromatic carbocycles. The van der Waals surface area contributed by atoms with Crippen LogP contribution in [0.25, 0.3) is 21.6 Å². The van der Waals surface area contributed by atoms with E-state index in [1.807, 2.05) is 35.6 Å². The highest BCUT2D eigenvalue weighted by Gasteiger charge is 2.04. The molecule has 3 rings (SSSR count). The van der Waals surface area contributed by atoms with E-state index in [9.17, 15) is 0 Å². The summed E-state index contributed by atoms with van der Waals surface area (Å²) in [5.41, 5.74) is 4.30. The molecule has 0 bridgehead atoms. The number of hydrogen-bond donors (Lipinski definition) is 0. The molecule has 0 atom stereocenters. The zero-order chi connectivity index (χ0) is 16.8. The van der Waals surface area contributed by atoms with Gasteiger partial charge in [0.1, 0.15) is 0 Å². The maximum atomic E-state index is 8.88. The molecule has 0 radical (unpaired) electrons.